The molecule has 0 bridgehead atoms. The Morgan fingerprint density at radius 1 is 1.15 bits per heavy atom. The van der Waals surface area contributed by atoms with Crippen molar-refractivity contribution in [3.63, 3.8) is 0 Å². The number of carbonyl (C=O) groups is 1. The molecular formula is C20H21NO5S. The van der Waals surface area contributed by atoms with Crippen LogP contribution >= 0.6 is 11.8 Å². The summed E-state index contributed by atoms with van der Waals surface area (Å²) in [5.41, 5.74) is 0.921. The van der Waals surface area contributed by atoms with Gasteiger partial charge < -0.3 is 23.8 Å². The van der Waals surface area contributed by atoms with E-state index in [0.717, 1.165) is 22.8 Å². The van der Waals surface area contributed by atoms with Gasteiger partial charge in [-0.1, -0.05) is 12.1 Å². The van der Waals surface area contributed by atoms with Gasteiger partial charge >= 0.3 is 0 Å². The first kappa shape index (κ1) is 17.9. The molecule has 1 fully saturated rings. The van der Waals surface area contributed by atoms with E-state index >= 15 is 0 Å². The Kier molecular flexibility index (Phi) is 5.03. The van der Waals surface area contributed by atoms with Gasteiger partial charge in [-0.2, -0.15) is 0 Å². The molecule has 1 amide bonds. The highest BCUT2D eigenvalue weighted by Crippen LogP contribution is 2.44. The third-order valence-corrected chi connectivity index (χ3v) is 5.90. The van der Waals surface area contributed by atoms with Gasteiger partial charge in [-0.25, -0.2) is 0 Å². The number of carbonyl (C=O) groups excluding carboxylic acids is 1. The number of hydrogen-bond donors (Lipinski definition) is 0. The standard InChI is InChI=1S/C20H21NO5S/c1-23-13-7-8-15(24-2)14(11-13)20-21(9-10-27-20)19(22)18-12-25-16-5-3-4-6-17(16)26-18/h3-8,11,18,20H,9-10,12H2,1-2H3. The molecule has 2 aliphatic rings. The predicted molar refractivity (Wildman–Crippen MR) is 103 cm³/mol. The molecule has 27 heavy (non-hydrogen) atoms. The number of ether oxygens (including phenoxy) is 4. The molecule has 4 rings (SSSR count). The summed E-state index contributed by atoms with van der Waals surface area (Å²) in [6, 6.07) is 13.0. The summed E-state index contributed by atoms with van der Waals surface area (Å²) in [6.45, 7) is 0.856. The van der Waals surface area contributed by atoms with Crippen molar-refractivity contribution < 1.29 is 23.7 Å². The summed E-state index contributed by atoms with van der Waals surface area (Å²) in [5, 5.41) is -0.150. The molecule has 0 aromatic heterocycles. The van der Waals surface area contributed by atoms with Crippen LogP contribution in [0.5, 0.6) is 23.0 Å². The number of amides is 1. The van der Waals surface area contributed by atoms with Gasteiger partial charge in [0, 0.05) is 17.9 Å². The number of hydrogen-bond acceptors (Lipinski definition) is 6. The third-order valence-electron chi connectivity index (χ3n) is 4.66. The minimum absolute atomic E-state index is 0.0793. The van der Waals surface area contributed by atoms with Crippen molar-refractivity contribution in [3.05, 3.63) is 48.0 Å². The molecule has 142 valence electrons. The van der Waals surface area contributed by atoms with Crippen molar-refractivity contribution in [3.8, 4) is 23.0 Å². The molecule has 2 aliphatic heterocycles. The molecule has 0 N–H and O–H groups in total. The number of rotatable bonds is 4. The van der Waals surface area contributed by atoms with Gasteiger partial charge in [0.2, 0.25) is 6.10 Å². The van der Waals surface area contributed by atoms with Crippen LogP contribution < -0.4 is 18.9 Å². The van der Waals surface area contributed by atoms with E-state index in [4.69, 9.17) is 18.9 Å². The molecular weight excluding hydrogens is 366 g/mol. The molecule has 2 aromatic carbocycles. The molecule has 0 aliphatic carbocycles. The second-order valence-electron chi connectivity index (χ2n) is 6.23. The maximum Gasteiger partial charge on any atom is 0.268 e. The lowest BCUT2D eigenvalue weighted by atomic mass is 10.1. The van der Waals surface area contributed by atoms with Gasteiger partial charge in [-0.3, -0.25) is 4.79 Å². The monoisotopic (exact) mass is 387 g/mol. The predicted octanol–water partition coefficient (Wildman–Crippen LogP) is 3.12. The average molecular weight is 387 g/mol. The van der Waals surface area contributed by atoms with E-state index < -0.39 is 6.10 Å². The summed E-state index contributed by atoms with van der Waals surface area (Å²) in [4.78, 5) is 15.0. The van der Waals surface area contributed by atoms with Crippen molar-refractivity contribution in [2.24, 2.45) is 0 Å². The molecule has 2 heterocycles. The fraction of sp³-hybridized carbons (Fsp3) is 0.350. The highest BCUT2D eigenvalue weighted by Gasteiger charge is 2.38. The number of para-hydroxylation sites is 2. The average Bonchev–Trinajstić information content (AvgIpc) is 3.22. The van der Waals surface area contributed by atoms with Crippen molar-refractivity contribution in [2.45, 2.75) is 11.5 Å². The van der Waals surface area contributed by atoms with Crippen molar-refractivity contribution >= 4 is 17.7 Å². The van der Waals surface area contributed by atoms with Crippen LogP contribution in [0.3, 0.4) is 0 Å². The lowest BCUT2D eigenvalue weighted by Gasteiger charge is -2.31. The fourth-order valence-corrected chi connectivity index (χ4v) is 4.59. The van der Waals surface area contributed by atoms with Gasteiger partial charge in [-0.15, -0.1) is 11.8 Å². The van der Waals surface area contributed by atoms with Gasteiger partial charge in [0.15, 0.2) is 11.5 Å². The number of methoxy groups -OCH3 is 2. The minimum Gasteiger partial charge on any atom is -0.497 e. The zero-order chi connectivity index (χ0) is 18.8. The first-order chi connectivity index (χ1) is 13.2. The Balaban J connectivity index is 1.58. The summed E-state index contributed by atoms with van der Waals surface area (Å²) >= 11 is 1.70. The van der Waals surface area contributed by atoms with Gasteiger partial charge in [0.25, 0.3) is 5.91 Å². The zero-order valence-electron chi connectivity index (χ0n) is 15.2. The second-order valence-corrected chi connectivity index (χ2v) is 7.41. The van der Waals surface area contributed by atoms with Crippen molar-refractivity contribution in [1.29, 1.82) is 0 Å². The van der Waals surface area contributed by atoms with Gasteiger partial charge in [0.05, 0.1) is 14.2 Å². The Morgan fingerprint density at radius 2 is 1.96 bits per heavy atom. The largest absolute Gasteiger partial charge is 0.497 e. The first-order valence-electron chi connectivity index (χ1n) is 8.73. The molecule has 6 nitrogen and oxygen atoms in total. The van der Waals surface area contributed by atoms with Gasteiger partial charge in [0.1, 0.15) is 23.5 Å². The smallest absolute Gasteiger partial charge is 0.268 e. The van der Waals surface area contributed by atoms with Crippen LogP contribution in [-0.4, -0.2) is 50.0 Å². The minimum atomic E-state index is -0.655. The number of benzene rings is 2. The molecule has 0 spiro atoms. The van der Waals surface area contributed by atoms with Crippen molar-refractivity contribution in [2.75, 3.05) is 33.1 Å². The summed E-state index contributed by atoms with van der Waals surface area (Å²) in [7, 11) is 3.26. The number of thioether (sulfide) groups is 1. The van der Waals surface area contributed by atoms with E-state index in [2.05, 4.69) is 0 Å². The molecule has 7 heteroatoms. The van der Waals surface area contributed by atoms with Crippen LogP contribution in [0.4, 0.5) is 0 Å². The molecule has 0 saturated carbocycles. The highest BCUT2D eigenvalue weighted by molar-refractivity contribution is 7.99. The van der Waals surface area contributed by atoms with Crippen molar-refractivity contribution in [1.82, 2.24) is 4.90 Å². The number of nitrogens with zero attached hydrogens (tertiary/aromatic N) is 1. The van der Waals surface area contributed by atoms with E-state index in [-0.39, 0.29) is 17.9 Å². The summed E-state index contributed by atoms with van der Waals surface area (Å²) in [5.74, 6) is 3.51. The van der Waals surface area contributed by atoms with Crippen LogP contribution in [-0.2, 0) is 4.79 Å². The SMILES string of the molecule is COc1ccc(OC)c(C2SCCN2C(=O)C2COc3ccccc3O2)c1. The molecule has 2 atom stereocenters. The Labute approximate surface area is 162 Å². The van der Waals surface area contributed by atoms with E-state index in [0.29, 0.717) is 18.0 Å². The quantitative estimate of drug-likeness (QED) is 0.804. The zero-order valence-corrected chi connectivity index (χ0v) is 16.0. The maximum absolute atomic E-state index is 13.2. The van der Waals surface area contributed by atoms with Crippen LogP contribution in [0.15, 0.2) is 42.5 Å². The first-order valence-corrected chi connectivity index (χ1v) is 9.78. The van der Waals surface area contributed by atoms with E-state index in [1.165, 1.54) is 0 Å². The summed E-state index contributed by atoms with van der Waals surface area (Å²) < 4.78 is 22.5. The van der Waals surface area contributed by atoms with Gasteiger partial charge in [-0.05, 0) is 30.3 Å². The molecule has 1 saturated heterocycles. The fourth-order valence-electron chi connectivity index (χ4n) is 3.31. The van der Waals surface area contributed by atoms with Crippen LogP contribution in [0.2, 0.25) is 0 Å². The van der Waals surface area contributed by atoms with E-state index in [9.17, 15) is 4.79 Å². The molecule has 2 unspecified atom stereocenters. The lowest BCUT2D eigenvalue weighted by molar-refractivity contribution is -0.141. The number of fused-ring (bicyclic) bond motifs is 1. The Morgan fingerprint density at radius 3 is 2.74 bits per heavy atom. The Hall–Kier alpha value is -2.54. The summed E-state index contributed by atoms with van der Waals surface area (Å²) in [6.07, 6.45) is -0.655. The second kappa shape index (κ2) is 7.60. The molecule has 0 radical (unpaired) electrons. The normalized spacial score (nSPS) is 21.0. The van der Waals surface area contributed by atoms with Crippen LogP contribution in [0.25, 0.3) is 0 Å². The molecule has 2 aromatic rings. The van der Waals surface area contributed by atoms with E-state index in [1.807, 2.05) is 47.4 Å². The topological polar surface area (TPSA) is 57.2 Å². The lowest BCUT2D eigenvalue weighted by Crippen LogP contribution is -2.46. The maximum atomic E-state index is 13.2. The van der Waals surface area contributed by atoms with E-state index in [1.54, 1.807) is 26.0 Å². The Bertz CT molecular complexity index is 843. The third kappa shape index (κ3) is 3.39. The van der Waals surface area contributed by atoms with Crippen LogP contribution in [0, 0.1) is 0 Å². The highest BCUT2D eigenvalue weighted by atomic mass is 32.2. The van der Waals surface area contributed by atoms with Crippen LogP contribution in [0.1, 0.15) is 10.9 Å².